The van der Waals surface area contributed by atoms with Crippen molar-refractivity contribution in [3.8, 4) is 17.2 Å². The van der Waals surface area contributed by atoms with Gasteiger partial charge >= 0.3 is 5.97 Å². The Kier molecular flexibility index (Phi) is 8.16. The molecule has 164 valence electrons. The molecule has 3 aromatic carbocycles. The highest BCUT2D eigenvalue weighted by molar-refractivity contribution is 5.85. The van der Waals surface area contributed by atoms with Crippen LogP contribution in [0.1, 0.15) is 49.7 Å². The molecule has 5 nitrogen and oxygen atoms in total. The molecule has 0 heterocycles. The minimum atomic E-state index is -0.822. The zero-order chi connectivity index (χ0) is 22.1. The van der Waals surface area contributed by atoms with E-state index >= 15 is 0 Å². The molecule has 0 saturated heterocycles. The van der Waals surface area contributed by atoms with E-state index in [2.05, 4.69) is 0 Å². The van der Waals surface area contributed by atoms with Gasteiger partial charge in [0.1, 0.15) is 5.75 Å². The highest BCUT2D eigenvalue weighted by Crippen LogP contribution is 2.26. The number of carboxylic acids is 1. The van der Waals surface area contributed by atoms with Gasteiger partial charge in [-0.1, -0.05) is 56.0 Å². The maximum absolute atomic E-state index is 10.8. The van der Waals surface area contributed by atoms with Crippen LogP contribution in [-0.2, 0) is 17.6 Å². The quantitative estimate of drug-likeness (QED) is 0.252. The number of phenols is 2. The van der Waals surface area contributed by atoms with E-state index in [9.17, 15) is 15.0 Å². The van der Waals surface area contributed by atoms with Crippen molar-refractivity contribution in [1.82, 2.24) is 0 Å². The third-order valence-corrected chi connectivity index (χ3v) is 5.40. The molecule has 0 saturated carbocycles. The number of ether oxygens (including phenoxy) is 1. The SMILES string of the molecule is O=C(O)Cc1ccc2cc(OCCCCCCCCc3ccc(O)c(O)c3)ccc2c1. The van der Waals surface area contributed by atoms with Crippen molar-refractivity contribution in [2.75, 3.05) is 6.61 Å². The van der Waals surface area contributed by atoms with Crippen molar-refractivity contribution >= 4 is 16.7 Å². The van der Waals surface area contributed by atoms with Crippen LogP contribution in [-0.4, -0.2) is 27.9 Å². The molecule has 31 heavy (non-hydrogen) atoms. The van der Waals surface area contributed by atoms with Crippen LogP contribution in [0.5, 0.6) is 17.2 Å². The summed E-state index contributed by atoms with van der Waals surface area (Å²) in [7, 11) is 0. The number of unbranched alkanes of at least 4 members (excludes halogenated alkanes) is 5. The van der Waals surface area contributed by atoms with Crippen LogP contribution in [0.4, 0.5) is 0 Å². The Morgan fingerprint density at radius 2 is 1.39 bits per heavy atom. The van der Waals surface area contributed by atoms with Gasteiger partial charge in [0.2, 0.25) is 0 Å². The summed E-state index contributed by atoms with van der Waals surface area (Å²) in [6.07, 6.45) is 7.68. The van der Waals surface area contributed by atoms with Gasteiger partial charge in [0, 0.05) is 0 Å². The highest BCUT2D eigenvalue weighted by atomic mass is 16.5. The van der Waals surface area contributed by atoms with Gasteiger partial charge in [0.25, 0.3) is 0 Å². The Bertz CT molecular complexity index is 1010. The first-order chi connectivity index (χ1) is 15.0. The molecular weight excluding hydrogens is 392 g/mol. The molecule has 0 spiro atoms. The Hall–Kier alpha value is -3.21. The molecule has 0 amide bonds. The lowest BCUT2D eigenvalue weighted by Gasteiger charge is -2.08. The van der Waals surface area contributed by atoms with Gasteiger partial charge in [0.05, 0.1) is 13.0 Å². The number of aryl methyl sites for hydroxylation is 1. The van der Waals surface area contributed by atoms with Gasteiger partial charge in [-0.05, 0) is 65.4 Å². The summed E-state index contributed by atoms with van der Waals surface area (Å²) >= 11 is 0. The van der Waals surface area contributed by atoms with E-state index in [0.717, 1.165) is 59.8 Å². The number of carboxylic acid groups (broad SMARTS) is 1. The Labute approximate surface area is 182 Å². The molecule has 0 aliphatic rings. The molecule has 0 unspecified atom stereocenters. The largest absolute Gasteiger partial charge is 0.504 e. The van der Waals surface area contributed by atoms with E-state index in [-0.39, 0.29) is 17.9 Å². The Balaban J connectivity index is 1.29. The number of hydrogen-bond acceptors (Lipinski definition) is 4. The number of carbonyl (C=O) groups is 1. The molecule has 0 aliphatic heterocycles. The van der Waals surface area contributed by atoms with Crippen molar-refractivity contribution in [3.63, 3.8) is 0 Å². The smallest absolute Gasteiger partial charge is 0.307 e. The Morgan fingerprint density at radius 3 is 2.16 bits per heavy atom. The lowest BCUT2D eigenvalue weighted by Crippen LogP contribution is -2.00. The zero-order valence-electron chi connectivity index (χ0n) is 17.7. The molecule has 0 aliphatic carbocycles. The molecule has 0 atom stereocenters. The van der Waals surface area contributed by atoms with E-state index in [4.69, 9.17) is 9.84 Å². The molecular formula is C26H30O5. The van der Waals surface area contributed by atoms with Gasteiger partial charge in [-0.25, -0.2) is 0 Å². The van der Waals surface area contributed by atoms with Crippen molar-refractivity contribution in [2.45, 2.75) is 51.4 Å². The van der Waals surface area contributed by atoms with Gasteiger partial charge in [-0.15, -0.1) is 0 Å². The second-order valence-electron chi connectivity index (χ2n) is 7.96. The lowest BCUT2D eigenvalue weighted by atomic mass is 10.0. The van der Waals surface area contributed by atoms with Crippen LogP contribution < -0.4 is 4.74 Å². The van der Waals surface area contributed by atoms with Crippen LogP contribution in [0.2, 0.25) is 0 Å². The number of fused-ring (bicyclic) bond motifs is 1. The number of hydrogen-bond donors (Lipinski definition) is 3. The number of phenolic OH excluding ortho intramolecular Hbond substituents is 2. The Morgan fingerprint density at radius 1 is 0.710 bits per heavy atom. The molecule has 0 aromatic heterocycles. The maximum Gasteiger partial charge on any atom is 0.307 e. The van der Waals surface area contributed by atoms with E-state index in [1.165, 1.54) is 18.9 Å². The average Bonchev–Trinajstić information content (AvgIpc) is 2.74. The summed E-state index contributed by atoms with van der Waals surface area (Å²) in [5.74, 6) is -0.0982. The van der Waals surface area contributed by atoms with Gasteiger partial charge in [-0.2, -0.15) is 0 Å². The van der Waals surface area contributed by atoms with E-state index in [1.807, 2.05) is 42.5 Å². The first kappa shape index (κ1) is 22.5. The van der Waals surface area contributed by atoms with Crippen molar-refractivity contribution in [3.05, 3.63) is 65.7 Å². The van der Waals surface area contributed by atoms with E-state index in [1.54, 1.807) is 6.07 Å². The fraction of sp³-hybridized carbons (Fsp3) is 0.346. The molecule has 3 N–H and O–H groups in total. The van der Waals surface area contributed by atoms with Crippen molar-refractivity contribution in [2.24, 2.45) is 0 Å². The number of rotatable bonds is 12. The normalized spacial score (nSPS) is 11.0. The second kappa shape index (κ2) is 11.3. The molecule has 0 bridgehead atoms. The molecule has 0 fully saturated rings. The van der Waals surface area contributed by atoms with Crippen molar-refractivity contribution < 1.29 is 24.9 Å². The monoisotopic (exact) mass is 422 g/mol. The van der Waals surface area contributed by atoms with E-state index in [0.29, 0.717) is 6.61 Å². The summed E-state index contributed by atoms with van der Waals surface area (Å²) in [5.41, 5.74) is 1.85. The third kappa shape index (κ3) is 7.21. The standard InChI is InChI=1S/C26H30O5/c27-24-13-9-19(16-25(24)28)7-5-3-1-2-4-6-14-31-23-12-11-21-15-20(17-26(29)30)8-10-22(21)18-23/h8-13,15-16,18,27-28H,1-7,14,17H2,(H,29,30). The summed E-state index contributed by atoms with van der Waals surface area (Å²) in [6, 6.07) is 16.7. The van der Waals surface area contributed by atoms with Crippen LogP contribution in [0, 0.1) is 0 Å². The lowest BCUT2D eigenvalue weighted by molar-refractivity contribution is -0.136. The van der Waals surface area contributed by atoms with Crippen LogP contribution in [0.3, 0.4) is 0 Å². The summed E-state index contributed by atoms with van der Waals surface area (Å²) < 4.78 is 5.88. The van der Waals surface area contributed by atoms with Crippen LogP contribution in [0.15, 0.2) is 54.6 Å². The second-order valence-corrected chi connectivity index (χ2v) is 7.96. The number of benzene rings is 3. The summed E-state index contributed by atoms with van der Waals surface area (Å²) in [6.45, 7) is 0.690. The highest BCUT2D eigenvalue weighted by Gasteiger charge is 2.04. The fourth-order valence-electron chi connectivity index (χ4n) is 3.70. The molecule has 5 heteroatoms. The first-order valence-corrected chi connectivity index (χ1v) is 10.9. The molecule has 0 radical (unpaired) electrons. The van der Waals surface area contributed by atoms with E-state index < -0.39 is 5.97 Å². The van der Waals surface area contributed by atoms with Gasteiger partial charge in [0.15, 0.2) is 11.5 Å². The van der Waals surface area contributed by atoms with Gasteiger partial charge < -0.3 is 20.1 Å². The third-order valence-electron chi connectivity index (χ3n) is 5.40. The van der Waals surface area contributed by atoms with Crippen molar-refractivity contribution in [1.29, 1.82) is 0 Å². The predicted molar refractivity (Wildman–Crippen MR) is 122 cm³/mol. The van der Waals surface area contributed by atoms with Gasteiger partial charge in [-0.3, -0.25) is 4.79 Å². The number of aromatic hydroxyl groups is 2. The number of aliphatic carboxylic acids is 1. The van der Waals surface area contributed by atoms with Crippen LogP contribution in [0.25, 0.3) is 10.8 Å². The first-order valence-electron chi connectivity index (χ1n) is 10.9. The average molecular weight is 423 g/mol. The molecule has 3 aromatic rings. The summed E-state index contributed by atoms with van der Waals surface area (Å²) in [4.78, 5) is 10.8. The van der Waals surface area contributed by atoms with Crippen LogP contribution >= 0.6 is 0 Å². The minimum absolute atomic E-state index is 0.0363. The predicted octanol–water partition coefficient (Wildman–Crippen LogP) is 5.84. The maximum atomic E-state index is 10.8. The minimum Gasteiger partial charge on any atom is -0.504 e. The topological polar surface area (TPSA) is 87.0 Å². The molecule has 3 rings (SSSR count). The summed E-state index contributed by atoms with van der Waals surface area (Å²) in [5, 5.41) is 29.8. The zero-order valence-corrected chi connectivity index (χ0v) is 17.7. The fourth-order valence-corrected chi connectivity index (χ4v) is 3.70.